The van der Waals surface area contributed by atoms with Gasteiger partial charge in [0, 0.05) is 24.5 Å². The average Bonchev–Trinajstić information content (AvgIpc) is 2.84. The normalized spacial score (nSPS) is 17.9. The van der Waals surface area contributed by atoms with E-state index in [0.29, 0.717) is 23.8 Å². The molecule has 0 unspecified atom stereocenters. The third kappa shape index (κ3) is 2.89. The van der Waals surface area contributed by atoms with Crippen LogP contribution in [0.2, 0.25) is 0 Å². The zero-order valence-electron chi connectivity index (χ0n) is 11.3. The SMILES string of the molecule is CSc1nc(N)c2cc(CN3CCC(F)CC3)sc2n1. The van der Waals surface area contributed by atoms with Crippen molar-refractivity contribution in [3.8, 4) is 0 Å². The Labute approximate surface area is 125 Å². The van der Waals surface area contributed by atoms with Crippen molar-refractivity contribution in [2.75, 3.05) is 25.1 Å². The molecule has 1 aliphatic heterocycles. The number of piperidine rings is 1. The number of rotatable bonds is 3. The van der Waals surface area contributed by atoms with Crippen LogP contribution in [-0.2, 0) is 6.54 Å². The van der Waals surface area contributed by atoms with Gasteiger partial charge in [-0.2, -0.15) is 0 Å². The highest BCUT2D eigenvalue weighted by Gasteiger charge is 2.19. The second kappa shape index (κ2) is 5.83. The lowest BCUT2D eigenvalue weighted by Crippen LogP contribution is -2.33. The van der Waals surface area contributed by atoms with E-state index in [1.807, 2.05) is 6.26 Å². The summed E-state index contributed by atoms with van der Waals surface area (Å²) in [5.41, 5.74) is 5.98. The highest BCUT2D eigenvalue weighted by Crippen LogP contribution is 2.30. The fourth-order valence-electron chi connectivity index (χ4n) is 2.42. The van der Waals surface area contributed by atoms with Crippen LogP contribution in [0, 0.1) is 0 Å². The molecule has 0 aliphatic carbocycles. The first-order valence-corrected chi connectivity index (χ1v) is 8.66. The molecule has 3 rings (SSSR count). The van der Waals surface area contributed by atoms with E-state index in [0.717, 1.165) is 29.9 Å². The van der Waals surface area contributed by atoms with Crippen LogP contribution in [0.15, 0.2) is 11.2 Å². The summed E-state index contributed by atoms with van der Waals surface area (Å²) in [5.74, 6) is 0.546. The van der Waals surface area contributed by atoms with Gasteiger partial charge in [0.2, 0.25) is 0 Å². The Morgan fingerprint density at radius 2 is 2.20 bits per heavy atom. The molecule has 1 fully saturated rings. The summed E-state index contributed by atoms with van der Waals surface area (Å²) in [4.78, 5) is 13.2. The smallest absolute Gasteiger partial charge is 0.190 e. The molecular formula is C13H17FN4S2. The highest BCUT2D eigenvalue weighted by molar-refractivity contribution is 7.98. The number of alkyl halides is 1. The third-order valence-electron chi connectivity index (χ3n) is 3.53. The fourth-order valence-corrected chi connectivity index (χ4v) is 3.93. The van der Waals surface area contributed by atoms with Crippen molar-refractivity contribution in [2.24, 2.45) is 0 Å². The second-order valence-corrected chi connectivity index (χ2v) is 6.87. The van der Waals surface area contributed by atoms with Crippen molar-refractivity contribution in [3.63, 3.8) is 0 Å². The molecule has 0 amide bonds. The van der Waals surface area contributed by atoms with Gasteiger partial charge >= 0.3 is 0 Å². The summed E-state index contributed by atoms with van der Waals surface area (Å²) in [7, 11) is 0. The molecule has 7 heteroatoms. The Morgan fingerprint density at radius 3 is 2.90 bits per heavy atom. The summed E-state index contributed by atoms with van der Waals surface area (Å²) < 4.78 is 13.1. The predicted octanol–water partition coefficient (Wildman–Crippen LogP) is 2.93. The molecule has 108 valence electrons. The molecule has 20 heavy (non-hydrogen) atoms. The number of anilines is 1. The summed E-state index contributed by atoms with van der Waals surface area (Å²) in [6, 6.07) is 2.07. The largest absolute Gasteiger partial charge is 0.383 e. The molecule has 0 saturated carbocycles. The van der Waals surface area contributed by atoms with Crippen LogP contribution in [0.25, 0.3) is 10.2 Å². The minimum Gasteiger partial charge on any atom is -0.383 e. The van der Waals surface area contributed by atoms with Crippen molar-refractivity contribution in [3.05, 3.63) is 10.9 Å². The lowest BCUT2D eigenvalue weighted by molar-refractivity contribution is 0.146. The highest BCUT2D eigenvalue weighted by atomic mass is 32.2. The summed E-state index contributed by atoms with van der Waals surface area (Å²) in [5, 5.41) is 1.64. The Kier molecular flexibility index (Phi) is 4.09. The monoisotopic (exact) mass is 312 g/mol. The van der Waals surface area contributed by atoms with Crippen molar-refractivity contribution < 1.29 is 4.39 Å². The number of hydrogen-bond donors (Lipinski definition) is 1. The van der Waals surface area contributed by atoms with E-state index in [1.165, 1.54) is 16.6 Å². The molecule has 1 aliphatic rings. The summed E-state index contributed by atoms with van der Waals surface area (Å²) in [6.45, 7) is 2.50. The Morgan fingerprint density at radius 1 is 1.45 bits per heavy atom. The number of fused-ring (bicyclic) bond motifs is 1. The first kappa shape index (κ1) is 14.0. The second-order valence-electron chi connectivity index (χ2n) is 4.98. The number of nitrogens with two attached hydrogens (primary N) is 1. The topological polar surface area (TPSA) is 55.0 Å². The molecule has 2 N–H and O–H groups in total. The van der Waals surface area contributed by atoms with Gasteiger partial charge in [0.25, 0.3) is 0 Å². The molecule has 3 heterocycles. The number of nitrogens with zero attached hydrogens (tertiary/aromatic N) is 3. The number of aromatic nitrogens is 2. The molecular weight excluding hydrogens is 295 g/mol. The number of thioether (sulfide) groups is 1. The van der Waals surface area contributed by atoms with Crippen molar-refractivity contribution in [1.29, 1.82) is 0 Å². The van der Waals surface area contributed by atoms with Gasteiger partial charge in [-0.1, -0.05) is 11.8 Å². The van der Waals surface area contributed by atoms with Crippen LogP contribution in [0.3, 0.4) is 0 Å². The maximum absolute atomic E-state index is 13.1. The zero-order chi connectivity index (χ0) is 14.1. The molecule has 2 aromatic rings. The van der Waals surface area contributed by atoms with Crippen LogP contribution >= 0.6 is 23.1 Å². The van der Waals surface area contributed by atoms with Crippen LogP contribution in [0.4, 0.5) is 10.2 Å². The maximum Gasteiger partial charge on any atom is 0.190 e. The minimum atomic E-state index is -0.626. The van der Waals surface area contributed by atoms with Gasteiger partial charge < -0.3 is 5.73 Å². The first-order chi connectivity index (χ1) is 9.65. The van der Waals surface area contributed by atoms with Gasteiger partial charge in [0.05, 0.1) is 5.39 Å². The van der Waals surface area contributed by atoms with Crippen LogP contribution in [-0.4, -0.2) is 40.4 Å². The van der Waals surface area contributed by atoms with Crippen LogP contribution in [0.1, 0.15) is 17.7 Å². The number of halogens is 1. The van der Waals surface area contributed by atoms with Crippen molar-refractivity contribution >= 4 is 39.1 Å². The van der Waals surface area contributed by atoms with E-state index in [4.69, 9.17) is 5.73 Å². The van der Waals surface area contributed by atoms with Crippen molar-refractivity contribution in [1.82, 2.24) is 14.9 Å². The summed E-state index contributed by atoms with van der Waals surface area (Å²) in [6.07, 6.45) is 2.60. The van der Waals surface area contributed by atoms with E-state index in [-0.39, 0.29) is 0 Å². The molecule has 0 aromatic carbocycles. The lowest BCUT2D eigenvalue weighted by Gasteiger charge is -2.27. The zero-order valence-corrected chi connectivity index (χ0v) is 12.9. The third-order valence-corrected chi connectivity index (χ3v) is 5.09. The van der Waals surface area contributed by atoms with Gasteiger partial charge in [-0.25, -0.2) is 14.4 Å². The molecule has 1 saturated heterocycles. The minimum absolute atomic E-state index is 0.546. The van der Waals surface area contributed by atoms with E-state index < -0.39 is 6.17 Å². The molecule has 0 bridgehead atoms. The molecule has 4 nitrogen and oxygen atoms in total. The Hall–Kier alpha value is -0.920. The van der Waals surface area contributed by atoms with Gasteiger partial charge in [-0.05, 0) is 25.2 Å². The van der Waals surface area contributed by atoms with Gasteiger partial charge in [0.15, 0.2) is 5.16 Å². The van der Waals surface area contributed by atoms with Gasteiger partial charge in [-0.15, -0.1) is 11.3 Å². The standard InChI is InChI=1S/C13H17FN4S2/c1-19-13-16-11(15)10-6-9(20-12(10)17-13)7-18-4-2-8(14)3-5-18/h6,8H,2-5,7H2,1H3,(H2,15,16,17). The molecule has 0 spiro atoms. The van der Waals surface area contributed by atoms with E-state index >= 15 is 0 Å². The number of nitrogen functional groups attached to an aromatic ring is 1. The lowest BCUT2D eigenvalue weighted by atomic mass is 10.1. The van der Waals surface area contributed by atoms with Gasteiger partial charge in [0.1, 0.15) is 16.8 Å². The van der Waals surface area contributed by atoms with E-state index in [1.54, 1.807) is 11.3 Å². The number of thiophene rings is 1. The van der Waals surface area contributed by atoms with Gasteiger partial charge in [-0.3, -0.25) is 4.90 Å². The van der Waals surface area contributed by atoms with Crippen molar-refractivity contribution in [2.45, 2.75) is 30.7 Å². The van der Waals surface area contributed by atoms with E-state index in [9.17, 15) is 4.39 Å². The predicted molar refractivity (Wildman–Crippen MR) is 83.0 cm³/mol. The van der Waals surface area contributed by atoms with Crippen LogP contribution in [0.5, 0.6) is 0 Å². The quantitative estimate of drug-likeness (QED) is 0.697. The fraction of sp³-hybridized carbons (Fsp3) is 0.538. The number of likely N-dealkylation sites (tertiary alicyclic amines) is 1. The molecule has 2 aromatic heterocycles. The first-order valence-electron chi connectivity index (χ1n) is 6.62. The molecule has 0 atom stereocenters. The number of hydrogen-bond acceptors (Lipinski definition) is 6. The average molecular weight is 312 g/mol. The van der Waals surface area contributed by atoms with Crippen LogP contribution < -0.4 is 5.73 Å². The summed E-state index contributed by atoms with van der Waals surface area (Å²) >= 11 is 3.15. The molecule has 0 radical (unpaired) electrons. The Balaban J connectivity index is 1.80. The van der Waals surface area contributed by atoms with E-state index in [2.05, 4.69) is 20.9 Å². The Bertz CT molecular complexity index is 608. The maximum atomic E-state index is 13.1.